The van der Waals surface area contributed by atoms with Gasteiger partial charge in [0.15, 0.2) is 12.4 Å². The molecule has 1 saturated heterocycles. The van der Waals surface area contributed by atoms with Crippen LogP contribution in [-0.2, 0) is 38.1 Å². The van der Waals surface area contributed by atoms with Crippen molar-refractivity contribution in [3.05, 3.63) is 0 Å². The Balaban J connectivity index is 3.02. The molecule has 0 N–H and O–H groups in total. The quantitative estimate of drug-likeness (QED) is 0.517. The molecule has 1 unspecified atom stereocenters. The highest BCUT2D eigenvalue weighted by atomic mass is 16.7. The van der Waals surface area contributed by atoms with E-state index in [-0.39, 0.29) is 13.2 Å². The van der Waals surface area contributed by atoms with E-state index >= 15 is 0 Å². The van der Waals surface area contributed by atoms with E-state index in [0.717, 1.165) is 0 Å². The number of hydrogen-bond acceptors (Lipinski definition) is 8. The van der Waals surface area contributed by atoms with Gasteiger partial charge in [-0.3, -0.25) is 14.4 Å². The third-order valence-electron chi connectivity index (χ3n) is 2.73. The summed E-state index contributed by atoms with van der Waals surface area (Å²) in [4.78, 5) is 33.6. The Bertz CT molecular complexity index is 440. The van der Waals surface area contributed by atoms with E-state index in [1.165, 1.54) is 20.8 Å². The Kier molecular flexibility index (Phi) is 6.60. The fourth-order valence-corrected chi connectivity index (χ4v) is 2.00. The summed E-state index contributed by atoms with van der Waals surface area (Å²) in [6.45, 7) is 5.36. The van der Waals surface area contributed by atoms with E-state index in [4.69, 9.17) is 25.1 Å². The van der Waals surface area contributed by atoms with E-state index in [2.05, 4.69) is 0 Å². The van der Waals surface area contributed by atoms with Crippen LogP contribution in [0.2, 0.25) is 0 Å². The molecule has 0 bridgehead atoms. The molecule has 126 valence electrons. The molecule has 0 amide bonds. The van der Waals surface area contributed by atoms with Crippen molar-refractivity contribution < 1.29 is 39.4 Å². The molecule has 0 aliphatic carbocycles. The first-order valence-corrected chi connectivity index (χ1v) is 6.93. The molecule has 1 aliphatic rings. The molecule has 8 nitrogen and oxygen atoms in total. The molecule has 8 heteroatoms. The van der Waals surface area contributed by atoms with Gasteiger partial charge < -0.3 is 23.7 Å². The van der Waals surface area contributed by atoms with Crippen molar-refractivity contribution in [2.24, 2.45) is 0 Å². The van der Waals surface area contributed by atoms with Gasteiger partial charge in [0, 0.05) is 35.1 Å². The molecule has 1 aliphatic heterocycles. The number of rotatable bonds is 6. The molecule has 0 saturated carbocycles. The second kappa shape index (κ2) is 8.70. The first-order valence-electron chi connectivity index (χ1n) is 7.51. The zero-order valence-corrected chi connectivity index (χ0v) is 13.1. The molecule has 22 heavy (non-hydrogen) atoms. The molecule has 1 heterocycles. The Morgan fingerprint density at radius 2 is 1.77 bits per heavy atom. The summed E-state index contributed by atoms with van der Waals surface area (Å²) < 4.78 is 34.2. The molecule has 0 spiro atoms. The van der Waals surface area contributed by atoms with Crippen molar-refractivity contribution in [3.63, 3.8) is 0 Å². The molecule has 1 fully saturated rings. The minimum absolute atomic E-state index is 0.221. The van der Waals surface area contributed by atoms with Crippen molar-refractivity contribution in [1.29, 1.82) is 0 Å². The van der Waals surface area contributed by atoms with E-state index in [1.807, 2.05) is 0 Å². The zero-order valence-electron chi connectivity index (χ0n) is 14.1. The first kappa shape index (κ1) is 16.7. The molecule has 5 atom stereocenters. The number of ether oxygens (including phenoxy) is 5. The van der Waals surface area contributed by atoms with Gasteiger partial charge in [-0.1, -0.05) is 0 Å². The molecule has 1 rings (SSSR count). The number of esters is 3. The van der Waals surface area contributed by atoms with E-state index in [0.29, 0.717) is 0 Å². The van der Waals surface area contributed by atoms with Gasteiger partial charge >= 0.3 is 17.9 Å². The van der Waals surface area contributed by atoms with Crippen LogP contribution in [0.3, 0.4) is 0 Å². The van der Waals surface area contributed by atoms with Crippen molar-refractivity contribution >= 4 is 17.9 Å². The number of carbonyl (C=O) groups is 3. The standard InChI is InChI=1S/C14H22O8/c1-5-18-13-6-11(20-9(3)16)14(21-10(4)17)12(22-13)7-19-8(2)15/h11-14H,5-7H2,1-4H3/t11-,12-,13+,14+/m1/s1/i6D/t6?,11-,12-,13+,14+. The first-order chi connectivity index (χ1) is 10.8. The molecule has 0 aromatic carbocycles. The van der Waals surface area contributed by atoms with Crippen LogP contribution in [0.4, 0.5) is 0 Å². The summed E-state index contributed by atoms with van der Waals surface area (Å²) in [6.07, 6.45) is -5.20. The highest BCUT2D eigenvalue weighted by molar-refractivity contribution is 5.67. The second-order valence-electron chi connectivity index (χ2n) is 4.64. The highest BCUT2D eigenvalue weighted by Gasteiger charge is 2.43. The summed E-state index contributed by atoms with van der Waals surface area (Å²) in [7, 11) is 0. The maximum Gasteiger partial charge on any atom is 0.303 e. The van der Waals surface area contributed by atoms with Gasteiger partial charge in [-0.05, 0) is 6.92 Å². The Morgan fingerprint density at radius 3 is 2.27 bits per heavy atom. The normalized spacial score (nSPS) is 31.8. The molecular formula is C14H22O8. The van der Waals surface area contributed by atoms with Gasteiger partial charge in [-0.15, -0.1) is 0 Å². The van der Waals surface area contributed by atoms with Gasteiger partial charge in [0.2, 0.25) is 0 Å². The van der Waals surface area contributed by atoms with Gasteiger partial charge in [0.25, 0.3) is 0 Å². The van der Waals surface area contributed by atoms with Gasteiger partial charge in [0.05, 0.1) is 0 Å². The SMILES string of the molecule is [2H]C1[C@@H](OCC)O[C@H](COC(C)=O)[C@@H](OC(C)=O)[C@@H]1OC(C)=O. The van der Waals surface area contributed by atoms with Crippen molar-refractivity contribution in [2.45, 2.75) is 58.7 Å². The Morgan fingerprint density at radius 1 is 1.14 bits per heavy atom. The smallest absolute Gasteiger partial charge is 0.303 e. The predicted molar refractivity (Wildman–Crippen MR) is 72.6 cm³/mol. The fraction of sp³-hybridized carbons (Fsp3) is 0.786. The van der Waals surface area contributed by atoms with Crippen LogP contribution in [0.25, 0.3) is 0 Å². The lowest BCUT2D eigenvalue weighted by molar-refractivity contribution is -0.265. The van der Waals surface area contributed by atoms with Gasteiger partial charge in [0.1, 0.15) is 18.8 Å². The van der Waals surface area contributed by atoms with E-state index < -0.39 is 48.9 Å². The van der Waals surface area contributed by atoms with Gasteiger partial charge in [-0.25, -0.2) is 0 Å². The third kappa shape index (κ3) is 5.98. The van der Waals surface area contributed by atoms with Gasteiger partial charge in [-0.2, -0.15) is 0 Å². The topological polar surface area (TPSA) is 97.4 Å². The van der Waals surface area contributed by atoms with Crippen LogP contribution in [0.5, 0.6) is 0 Å². The predicted octanol–water partition coefficient (Wildman–Crippen LogP) is 0.564. The lowest BCUT2D eigenvalue weighted by Crippen LogP contribution is -2.54. The monoisotopic (exact) mass is 319 g/mol. The van der Waals surface area contributed by atoms with Crippen molar-refractivity contribution in [2.75, 3.05) is 13.2 Å². The van der Waals surface area contributed by atoms with E-state index in [1.54, 1.807) is 6.92 Å². The molecule has 0 aromatic rings. The summed E-state index contributed by atoms with van der Waals surface area (Å²) >= 11 is 0. The van der Waals surface area contributed by atoms with Crippen molar-refractivity contribution in [1.82, 2.24) is 0 Å². The van der Waals surface area contributed by atoms with Crippen LogP contribution < -0.4 is 0 Å². The number of hydrogen-bond donors (Lipinski definition) is 0. The summed E-state index contributed by atoms with van der Waals surface area (Å²) in [5.74, 6) is -1.81. The lowest BCUT2D eigenvalue weighted by Gasteiger charge is -2.39. The molecular weight excluding hydrogens is 296 g/mol. The molecule has 0 radical (unpaired) electrons. The average Bonchev–Trinajstić information content (AvgIpc) is 2.43. The second-order valence-corrected chi connectivity index (χ2v) is 4.64. The Hall–Kier alpha value is -1.67. The minimum Gasteiger partial charge on any atom is -0.463 e. The summed E-state index contributed by atoms with van der Waals surface area (Å²) in [5, 5.41) is 0. The Labute approximate surface area is 130 Å². The highest BCUT2D eigenvalue weighted by Crippen LogP contribution is 2.26. The van der Waals surface area contributed by atoms with Crippen LogP contribution in [-0.4, -0.2) is 55.7 Å². The maximum absolute atomic E-state index is 11.3. The summed E-state index contributed by atoms with van der Waals surface area (Å²) in [6, 6.07) is 0. The largest absolute Gasteiger partial charge is 0.463 e. The number of carbonyl (C=O) groups excluding carboxylic acids is 3. The molecule has 0 aromatic heterocycles. The van der Waals surface area contributed by atoms with E-state index in [9.17, 15) is 14.4 Å². The van der Waals surface area contributed by atoms with Crippen LogP contribution in [0, 0.1) is 0 Å². The van der Waals surface area contributed by atoms with Crippen LogP contribution in [0.15, 0.2) is 0 Å². The van der Waals surface area contributed by atoms with Crippen LogP contribution in [0.1, 0.15) is 35.5 Å². The van der Waals surface area contributed by atoms with Crippen LogP contribution >= 0.6 is 0 Å². The summed E-state index contributed by atoms with van der Waals surface area (Å²) in [5.41, 5.74) is 0. The average molecular weight is 319 g/mol. The maximum atomic E-state index is 11.3. The van der Waals surface area contributed by atoms with Crippen molar-refractivity contribution in [3.8, 4) is 0 Å². The minimum atomic E-state index is -1.11. The lowest BCUT2D eigenvalue weighted by atomic mass is 10.0. The fourth-order valence-electron chi connectivity index (χ4n) is 2.00. The zero-order chi connectivity index (χ0) is 17.6. The third-order valence-corrected chi connectivity index (χ3v) is 2.73.